The molecule has 0 aliphatic heterocycles. The Bertz CT molecular complexity index is 1110. The highest BCUT2D eigenvalue weighted by Crippen LogP contribution is 2.20. The number of carbonyl (C=O) groups is 1. The van der Waals surface area contributed by atoms with E-state index in [0.717, 1.165) is 16.9 Å². The molecule has 0 unspecified atom stereocenters. The molecule has 4 N–H and O–H groups in total. The van der Waals surface area contributed by atoms with Gasteiger partial charge in [0.25, 0.3) is 15.9 Å². The summed E-state index contributed by atoms with van der Waals surface area (Å²) < 4.78 is 27.1. The van der Waals surface area contributed by atoms with Crippen molar-refractivity contribution in [1.82, 2.24) is 5.43 Å². The van der Waals surface area contributed by atoms with Gasteiger partial charge in [-0.3, -0.25) is 9.52 Å². The van der Waals surface area contributed by atoms with E-state index in [1.54, 1.807) is 30.5 Å². The molecule has 1 heterocycles. The molecule has 144 valence electrons. The Kier molecular flexibility index (Phi) is 5.76. The van der Waals surface area contributed by atoms with E-state index in [-0.39, 0.29) is 4.21 Å². The summed E-state index contributed by atoms with van der Waals surface area (Å²) in [6.07, 6.45) is 0. The van der Waals surface area contributed by atoms with E-state index in [0.29, 0.717) is 22.6 Å². The Morgan fingerprint density at radius 1 is 1.04 bits per heavy atom. The summed E-state index contributed by atoms with van der Waals surface area (Å²) >= 11 is 1.13. The van der Waals surface area contributed by atoms with Crippen LogP contribution in [0.1, 0.15) is 22.8 Å². The summed E-state index contributed by atoms with van der Waals surface area (Å²) in [4.78, 5) is 12.3. The number of amides is 1. The van der Waals surface area contributed by atoms with Crippen LogP contribution >= 0.6 is 11.3 Å². The number of hydrogen-bond acceptors (Lipinski definition) is 6. The largest absolute Gasteiger partial charge is 0.399 e. The number of hydrogen-bond donors (Lipinski definition) is 3. The highest BCUT2D eigenvalue weighted by atomic mass is 32.2. The molecule has 0 saturated carbocycles. The molecule has 28 heavy (non-hydrogen) atoms. The molecule has 3 rings (SSSR count). The van der Waals surface area contributed by atoms with Gasteiger partial charge in [0.2, 0.25) is 0 Å². The van der Waals surface area contributed by atoms with E-state index in [4.69, 9.17) is 5.73 Å². The van der Waals surface area contributed by atoms with Crippen molar-refractivity contribution < 1.29 is 13.2 Å². The van der Waals surface area contributed by atoms with Crippen molar-refractivity contribution in [1.29, 1.82) is 0 Å². The van der Waals surface area contributed by atoms with Gasteiger partial charge in [-0.05, 0) is 60.3 Å². The Balaban J connectivity index is 1.66. The van der Waals surface area contributed by atoms with E-state index in [9.17, 15) is 13.2 Å². The van der Waals surface area contributed by atoms with Crippen LogP contribution in [0.15, 0.2) is 75.4 Å². The predicted molar refractivity (Wildman–Crippen MR) is 112 cm³/mol. The van der Waals surface area contributed by atoms with Crippen molar-refractivity contribution in [2.45, 2.75) is 11.1 Å². The molecule has 0 aliphatic carbocycles. The van der Waals surface area contributed by atoms with Crippen LogP contribution < -0.4 is 15.9 Å². The van der Waals surface area contributed by atoms with Gasteiger partial charge in [-0.15, -0.1) is 11.3 Å². The standard InChI is InChI=1S/C19H18N4O3S2/c1-13(15-4-2-5-16(20)12-15)21-22-19(24)14-7-9-17(10-8-14)23-28(25,26)18-6-3-11-27-18/h2-12,23H,20H2,1H3,(H,22,24)/b21-13+. The third-order valence-corrected chi connectivity index (χ3v) is 6.57. The Morgan fingerprint density at radius 2 is 1.79 bits per heavy atom. The molecule has 0 saturated heterocycles. The molecule has 0 radical (unpaired) electrons. The summed E-state index contributed by atoms with van der Waals surface area (Å²) in [7, 11) is -3.62. The first-order valence-electron chi connectivity index (χ1n) is 8.22. The monoisotopic (exact) mass is 414 g/mol. The zero-order valence-corrected chi connectivity index (χ0v) is 16.5. The van der Waals surface area contributed by atoms with Crippen molar-refractivity contribution in [2.75, 3.05) is 10.5 Å². The molecule has 0 aliphatic rings. The number of nitrogen functional groups attached to an aromatic ring is 1. The first-order chi connectivity index (χ1) is 13.3. The SMILES string of the molecule is C/C(=N\NC(=O)c1ccc(NS(=O)(=O)c2cccs2)cc1)c1cccc(N)c1. The highest BCUT2D eigenvalue weighted by molar-refractivity contribution is 7.94. The van der Waals surface area contributed by atoms with Gasteiger partial charge in [-0.1, -0.05) is 18.2 Å². The third-order valence-electron chi connectivity index (χ3n) is 3.79. The Morgan fingerprint density at radius 3 is 2.43 bits per heavy atom. The molecule has 0 spiro atoms. The summed E-state index contributed by atoms with van der Waals surface area (Å²) in [6, 6.07) is 16.5. The number of anilines is 2. The van der Waals surface area contributed by atoms with E-state index in [2.05, 4.69) is 15.2 Å². The number of sulfonamides is 1. The van der Waals surface area contributed by atoms with E-state index in [1.807, 2.05) is 12.1 Å². The van der Waals surface area contributed by atoms with Crippen molar-refractivity contribution in [3.05, 3.63) is 77.2 Å². The van der Waals surface area contributed by atoms with Gasteiger partial charge in [-0.2, -0.15) is 5.10 Å². The number of nitrogens with one attached hydrogen (secondary N) is 2. The summed E-state index contributed by atoms with van der Waals surface area (Å²) in [5, 5.41) is 5.77. The predicted octanol–water partition coefficient (Wildman–Crippen LogP) is 3.29. The number of benzene rings is 2. The van der Waals surface area contributed by atoms with Crippen LogP contribution in [0.5, 0.6) is 0 Å². The van der Waals surface area contributed by atoms with Gasteiger partial charge in [0.15, 0.2) is 0 Å². The lowest BCUT2D eigenvalue weighted by atomic mass is 10.1. The molecular formula is C19H18N4O3S2. The second kappa shape index (κ2) is 8.24. The summed E-state index contributed by atoms with van der Waals surface area (Å²) in [5.41, 5.74) is 11.0. The van der Waals surface area contributed by atoms with Gasteiger partial charge >= 0.3 is 0 Å². The second-order valence-corrected chi connectivity index (χ2v) is 8.74. The smallest absolute Gasteiger partial charge is 0.271 e. The third kappa shape index (κ3) is 4.76. The minimum atomic E-state index is -3.62. The number of nitrogens with zero attached hydrogens (tertiary/aromatic N) is 1. The molecule has 0 fully saturated rings. The van der Waals surface area contributed by atoms with Gasteiger partial charge in [-0.25, -0.2) is 13.8 Å². The van der Waals surface area contributed by atoms with Crippen molar-refractivity contribution in [2.24, 2.45) is 5.10 Å². The van der Waals surface area contributed by atoms with Crippen LogP contribution in [0.4, 0.5) is 11.4 Å². The first kappa shape index (κ1) is 19.6. The minimum absolute atomic E-state index is 0.223. The van der Waals surface area contributed by atoms with Crippen LogP contribution in [0.2, 0.25) is 0 Å². The summed E-state index contributed by atoms with van der Waals surface area (Å²) in [5.74, 6) is -0.407. The molecule has 1 aromatic heterocycles. The van der Waals surface area contributed by atoms with Gasteiger partial charge < -0.3 is 5.73 Å². The summed E-state index contributed by atoms with van der Waals surface area (Å²) in [6.45, 7) is 1.76. The van der Waals surface area contributed by atoms with Gasteiger partial charge in [0.05, 0.1) is 5.71 Å². The molecule has 7 nitrogen and oxygen atoms in total. The fourth-order valence-corrected chi connectivity index (χ4v) is 4.39. The van der Waals surface area contributed by atoms with Gasteiger partial charge in [0, 0.05) is 16.9 Å². The fourth-order valence-electron chi connectivity index (χ4n) is 2.34. The Labute approximate surface area is 167 Å². The van der Waals surface area contributed by atoms with E-state index < -0.39 is 15.9 Å². The van der Waals surface area contributed by atoms with Gasteiger partial charge in [0.1, 0.15) is 4.21 Å². The lowest BCUT2D eigenvalue weighted by Gasteiger charge is -2.07. The van der Waals surface area contributed by atoms with Crippen molar-refractivity contribution in [3.63, 3.8) is 0 Å². The lowest BCUT2D eigenvalue weighted by molar-refractivity contribution is 0.0955. The van der Waals surface area contributed by atoms with Crippen LogP contribution in [-0.2, 0) is 10.0 Å². The molecule has 3 aromatic rings. The van der Waals surface area contributed by atoms with Crippen LogP contribution in [0.3, 0.4) is 0 Å². The molecule has 2 aromatic carbocycles. The molecule has 0 atom stereocenters. The quantitative estimate of drug-likeness (QED) is 0.326. The maximum atomic E-state index is 12.3. The Hall–Kier alpha value is -3.17. The van der Waals surface area contributed by atoms with Crippen molar-refractivity contribution >= 4 is 44.4 Å². The van der Waals surface area contributed by atoms with Crippen LogP contribution in [0, 0.1) is 0 Å². The van der Waals surface area contributed by atoms with Crippen LogP contribution in [-0.4, -0.2) is 20.0 Å². The number of thiophene rings is 1. The zero-order valence-electron chi connectivity index (χ0n) is 14.9. The lowest BCUT2D eigenvalue weighted by Crippen LogP contribution is -2.19. The maximum Gasteiger partial charge on any atom is 0.271 e. The minimum Gasteiger partial charge on any atom is -0.399 e. The number of hydrazone groups is 1. The van der Waals surface area contributed by atoms with E-state index in [1.165, 1.54) is 30.3 Å². The number of rotatable bonds is 6. The highest BCUT2D eigenvalue weighted by Gasteiger charge is 2.15. The fraction of sp³-hybridized carbons (Fsp3) is 0.0526. The van der Waals surface area contributed by atoms with Crippen molar-refractivity contribution in [3.8, 4) is 0 Å². The molecular weight excluding hydrogens is 396 g/mol. The number of carbonyl (C=O) groups excluding carboxylic acids is 1. The average Bonchev–Trinajstić information content (AvgIpc) is 3.22. The normalized spacial score (nSPS) is 11.8. The topological polar surface area (TPSA) is 114 Å². The molecule has 0 bridgehead atoms. The van der Waals surface area contributed by atoms with Crippen LogP contribution in [0.25, 0.3) is 0 Å². The average molecular weight is 415 g/mol. The maximum absolute atomic E-state index is 12.3. The zero-order chi connectivity index (χ0) is 20.1. The second-order valence-electron chi connectivity index (χ2n) is 5.88. The molecule has 9 heteroatoms. The number of nitrogens with two attached hydrogens (primary N) is 1. The van der Waals surface area contributed by atoms with E-state index >= 15 is 0 Å². The first-order valence-corrected chi connectivity index (χ1v) is 10.6. The molecule has 1 amide bonds.